The average molecular weight is 254 g/mol. The van der Waals surface area contributed by atoms with Gasteiger partial charge in [0, 0.05) is 17.5 Å². The van der Waals surface area contributed by atoms with Crippen LogP contribution >= 0.6 is 6.26 Å². The van der Waals surface area contributed by atoms with Crippen molar-refractivity contribution in [2.75, 3.05) is 13.3 Å². The maximum absolute atomic E-state index is 11.1. The summed E-state index contributed by atoms with van der Waals surface area (Å²) in [6.07, 6.45) is -1.76. The number of hydrogen-bond donors (Lipinski definition) is 0. The van der Waals surface area contributed by atoms with Crippen LogP contribution in [-0.2, 0) is 11.8 Å². The number of hydrogen-bond acceptors (Lipinski definition) is 4. The largest absolute Gasteiger partial charge is 0.467 e. The minimum absolute atomic E-state index is 0.364. The predicted octanol–water partition coefficient (Wildman–Crippen LogP) is 2.83. The number of rotatable bonds is 2. The lowest BCUT2D eigenvalue weighted by atomic mass is 10.2. The lowest BCUT2D eigenvalue weighted by Crippen LogP contribution is -1.94. The Morgan fingerprint density at radius 2 is 1.94 bits per heavy atom. The molecule has 0 N–H and O–H groups in total. The van der Waals surface area contributed by atoms with E-state index in [1.165, 1.54) is 6.07 Å². The minimum Gasteiger partial charge on any atom is -0.467 e. The molecule has 84 valence electrons. The highest BCUT2D eigenvalue weighted by molar-refractivity contribution is 8.11. The summed E-state index contributed by atoms with van der Waals surface area (Å²) in [6, 6.07) is 8.49. The summed E-state index contributed by atoms with van der Waals surface area (Å²) >= 11 is 5.21. The fraction of sp³-hybridized carbons (Fsp3) is 0.182. The van der Waals surface area contributed by atoms with Crippen molar-refractivity contribution in [2.24, 2.45) is 0 Å². The molecule has 0 spiro atoms. The zero-order valence-electron chi connectivity index (χ0n) is 8.97. The van der Waals surface area contributed by atoms with Gasteiger partial charge < -0.3 is 8.94 Å². The molecule has 0 aliphatic heterocycles. The fourth-order valence-electron chi connectivity index (χ4n) is 1.35. The molecule has 0 amide bonds. The normalized spacial score (nSPS) is 11.6. The Morgan fingerprint density at radius 3 is 2.62 bits per heavy atom. The Bertz CT molecular complexity index is 626. The molecule has 0 fully saturated rings. The highest BCUT2D eigenvalue weighted by Gasteiger charge is 2.06. The molecule has 0 aliphatic rings. The summed E-state index contributed by atoms with van der Waals surface area (Å²) in [5.74, 6) is 0.648. The molecule has 5 heteroatoms. The van der Waals surface area contributed by atoms with Gasteiger partial charge in [0.05, 0.1) is 0 Å². The van der Waals surface area contributed by atoms with E-state index in [2.05, 4.69) is 0 Å². The van der Waals surface area contributed by atoms with Gasteiger partial charge in [0.25, 0.3) is 0 Å². The molecule has 1 aromatic carbocycles. The Kier molecular flexibility index (Phi) is 2.87. The Labute approximate surface area is 98.1 Å². The van der Waals surface area contributed by atoms with Crippen molar-refractivity contribution in [3.05, 3.63) is 40.8 Å². The number of fused-ring (bicyclic) bond motifs is 1. The van der Waals surface area contributed by atoms with E-state index in [-0.39, 0.29) is 5.63 Å². The van der Waals surface area contributed by atoms with Crippen LogP contribution in [0.5, 0.6) is 5.75 Å². The van der Waals surface area contributed by atoms with E-state index in [1.807, 2.05) is 25.5 Å². The maximum atomic E-state index is 11.1. The van der Waals surface area contributed by atoms with Crippen molar-refractivity contribution in [3.63, 3.8) is 0 Å². The average Bonchev–Trinajstić information content (AvgIpc) is 2.14. The molecule has 0 unspecified atom stereocenters. The summed E-state index contributed by atoms with van der Waals surface area (Å²) in [5.41, 5.74) is 0.158. The van der Waals surface area contributed by atoms with Crippen LogP contribution in [0.15, 0.2) is 39.5 Å². The summed E-state index contributed by atoms with van der Waals surface area (Å²) in [7, 11) is 0. The van der Waals surface area contributed by atoms with Crippen LogP contribution in [-0.4, -0.2) is 13.3 Å². The smallest absolute Gasteiger partial charge is 0.336 e. The molecule has 0 saturated carbocycles. The molecule has 3 nitrogen and oxygen atoms in total. The Hall–Kier alpha value is -1.12. The highest BCUT2D eigenvalue weighted by Crippen LogP contribution is 2.39. The topological polar surface area (TPSA) is 39.4 Å². The third-order valence-corrected chi connectivity index (χ3v) is 2.79. The second-order valence-corrected chi connectivity index (χ2v) is 9.12. The summed E-state index contributed by atoms with van der Waals surface area (Å²) in [6.45, 7) is 3.79. The third-order valence-electron chi connectivity index (χ3n) is 1.92. The zero-order chi connectivity index (χ0) is 11.8. The molecule has 0 saturated heterocycles. The molecular weight excluding hydrogens is 243 g/mol. The molecule has 0 bridgehead atoms. The second-order valence-electron chi connectivity index (χ2n) is 3.80. The van der Waals surface area contributed by atoms with Gasteiger partial charge in [-0.1, -0.05) is 11.8 Å². The Balaban J connectivity index is 2.51. The van der Waals surface area contributed by atoms with Crippen LogP contribution < -0.4 is 10.1 Å². The standard InChI is InChI=1S/C11H11O3PS/c1-15(2,16)14-9-5-3-8-4-6-11(12)13-10(8)7-9/h3-7H,1-2H3. The van der Waals surface area contributed by atoms with E-state index in [9.17, 15) is 4.79 Å². The van der Waals surface area contributed by atoms with E-state index in [0.29, 0.717) is 11.3 Å². The maximum Gasteiger partial charge on any atom is 0.336 e. The van der Waals surface area contributed by atoms with Gasteiger partial charge in [-0.25, -0.2) is 4.79 Å². The van der Waals surface area contributed by atoms with Crippen molar-refractivity contribution in [3.8, 4) is 5.75 Å². The molecule has 0 radical (unpaired) electrons. The molecule has 2 aromatic rings. The molecular formula is C11H11O3PS. The first-order chi connectivity index (χ1) is 7.44. The second kappa shape index (κ2) is 4.04. The fourth-order valence-corrected chi connectivity index (χ4v) is 2.23. The summed E-state index contributed by atoms with van der Waals surface area (Å²) < 4.78 is 10.7. The first-order valence-corrected chi connectivity index (χ1v) is 8.34. The molecule has 1 aromatic heterocycles. The van der Waals surface area contributed by atoms with Gasteiger partial charge in [-0.3, -0.25) is 0 Å². The zero-order valence-corrected chi connectivity index (χ0v) is 10.7. The van der Waals surface area contributed by atoms with Gasteiger partial charge in [-0.15, -0.1) is 0 Å². The van der Waals surface area contributed by atoms with E-state index in [1.54, 1.807) is 12.1 Å². The summed E-state index contributed by atoms with van der Waals surface area (Å²) in [5, 5.41) is 0.868. The van der Waals surface area contributed by atoms with Gasteiger partial charge in [-0.05, 0) is 31.5 Å². The van der Waals surface area contributed by atoms with Crippen LogP contribution in [0.2, 0.25) is 0 Å². The van der Waals surface area contributed by atoms with E-state index in [4.69, 9.17) is 20.7 Å². The van der Waals surface area contributed by atoms with Crippen molar-refractivity contribution < 1.29 is 8.94 Å². The first kappa shape index (κ1) is 11.4. The van der Waals surface area contributed by atoms with E-state index < -0.39 is 6.26 Å². The van der Waals surface area contributed by atoms with Crippen molar-refractivity contribution >= 4 is 29.0 Å². The van der Waals surface area contributed by atoms with Gasteiger partial charge in [0.1, 0.15) is 17.6 Å². The van der Waals surface area contributed by atoms with Crippen molar-refractivity contribution in [1.82, 2.24) is 0 Å². The Morgan fingerprint density at radius 1 is 1.25 bits per heavy atom. The molecule has 0 aliphatic carbocycles. The molecule has 0 atom stereocenters. The third kappa shape index (κ3) is 2.71. The molecule has 2 rings (SSSR count). The number of benzene rings is 1. The molecule has 1 heterocycles. The highest BCUT2D eigenvalue weighted by atomic mass is 32.4. The molecule has 16 heavy (non-hydrogen) atoms. The van der Waals surface area contributed by atoms with Crippen LogP contribution in [0.3, 0.4) is 0 Å². The van der Waals surface area contributed by atoms with Crippen LogP contribution in [0.1, 0.15) is 0 Å². The predicted molar refractivity (Wildman–Crippen MR) is 69.2 cm³/mol. The van der Waals surface area contributed by atoms with E-state index in [0.717, 1.165) is 5.39 Å². The van der Waals surface area contributed by atoms with Gasteiger partial charge in [0.15, 0.2) is 0 Å². The van der Waals surface area contributed by atoms with Crippen LogP contribution in [0.4, 0.5) is 0 Å². The van der Waals surface area contributed by atoms with Gasteiger partial charge >= 0.3 is 5.63 Å². The lowest BCUT2D eigenvalue weighted by molar-refractivity contribution is 0.556. The minimum atomic E-state index is -1.76. The quantitative estimate of drug-likeness (QED) is 0.610. The lowest BCUT2D eigenvalue weighted by Gasteiger charge is -2.13. The van der Waals surface area contributed by atoms with Gasteiger partial charge in [-0.2, -0.15) is 0 Å². The summed E-state index contributed by atoms with van der Waals surface area (Å²) in [4.78, 5) is 11.1. The first-order valence-electron chi connectivity index (χ1n) is 4.72. The van der Waals surface area contributed by atoms with Crippen LogP contribution in [0, 0.1) is 0 Å². The SMILES string of the molecule is CP(C)(=S)Oc1ccc2ccc(=O)oc2c1. The van der Waals surface area contributed by atoms with Crippen LogP contribution in [0.25, 0.3) is 11.0 Å². The van der Waals surface area contributed by atoms with Crippen molar-refractivity contribution in [2.45, 2.75) is 0 Å². The monoisotopic (exact) mass is 254 g/mol. The van der Waals surface area contributed by atoms with Gasteiger partial charge in [0.2, 0.25) is 0 Å². The van der Waals surface area contributed by atoms with Crippen molar-refractivity contribution in [1.29, 1.82) is 0 Å². The van der Waals surface area contributed by atoms with E-state index >= 15 is 0 Å².